The molecule has 1 aromatic rings. The average Bonchev–Trinajstić information content (AvgIpc) is 2.74. The molecule has 1 saturated carbocycles. The number of carbonyl (C=O) groups excluding carboxylic acids is 1. The fourth-order valence-electron chi connectivity index (χ4n) is 2.72. The smallest absolute Gasteiger partial charge is 0.315 e. The zero-order valence-electron chi connectivity index (χ0n) is 11.9. The van der Waals surface area contributed by atoms with Crippen molar-refractivity contribution in [2.45, 2.75) is 57.7 Å². The third-order valence-corrected chi connectivity index (χ3v) is 3.92. The van der Waals surface area contributed by atoms with Gasteiger partial charge in [-0.25, -0.2) is 4.79 Å². The average molecular weight is 276 g/mol. The second-order valence-electron chi connectivity index (χ2n) is 5.44. The number of nitrogens with one attached hydrogen (secondary N) is 2. The maximum absolute atomic E-state index is 11.9. The Labute approximate surface area is 120 Å². The van der Waals surface area contributed by atoms with Gasteiger partial charge in [0.2, 0.25) is 0 Å². The van der Waals surface area contributed by atoms with E-state index in [1.165, 1.54) is 25.7 Å². The fourth-order valence-corrected chi connectivity index (χ4v) is 2.72. The van der Waals surface area contributed by atoms with Crippen LogP contribution < -0.4 is 10.6 Å². The van der Waals surface area contributed by atoms with Crippen molar-refractivity contribution in [3.05, 3.63) is 35.4 Å². The van der Waals surface area contributed by atoms with Crippen molar-refractivity contribution in [3.8, 4) is 0 Å². The van der Waals surface area contributed by atoms with Crippen LogP contribution in [0.5, 0.6) is 0 Å². The Bertz CT molecular complexity index is 426. The molecule has 0 bridgehead atoms. The molecule has 0 aromatic heterocycles. The predicted molar refractivity (Wildman–Crippen MR) is 79.2 cm³/mol. The Morgan fingerprint density at radius 1 is 1.10 bits per heavy atom. The number of benzene rings is 1. The Hall–Kier alpha value is -1.55. The van der Waals surface area contributed by atoms with Crippen LogP contribution in [0, 0.1) is 0 Å². The highest BCUT2D eigenvalue weighted by Gasteiger charge is 2.14. The van der Waals surface area contributed by atoms with Crippen LogP contribution in [0.25, 0.3) is 0 Å². The van der Waals surface area contributed by atoms with Gasteiger partial charge >= 0.3 is 6.03 Å². The highest BCUT2D eigenvalue weighted by atomic mass is 16.3. The first kappa shape index (κ1) is 14.9. The molecule has 4 heteroatoms. The highest BCUT2D eigenvalue weighted by molar-refractivity contribution is 5.74. The van der Waals surface area contributed by atoms with Crippen LogP contribution in [0.2, 0.25) is 0 Å². The molecule has 0 radical (unpaired) electrons. The zero-order chi connectivity index (χ0) is 14.2. The fraction of sp³-hybridized carbons (Fsp3) is 0.562. The highest BCUT2D eigenvalue weighted by Crippen LogP contribution is 2.17. The monoisotopic (exact) mass is 276 g/mol. The first-order valence-electron chi connectivity index (χ1n) is 7.51. The van der Waals surface area contributed by atoms with Gasteiger partial charge < -0.3 is 15.7 Å². The number of aliphatic hydroxyl groups is 1. The van der Waals surface area contributed by atoms with E-state index in [0.717, 1.165) is 24.0 Å². The molecule has 0 heterocycles. The van der Waals surface area contributed by atoms with E-state index in [2.05, 4.69) is 10.6 Å². The molecule has 3 N–H and O–H groups in total. The molecule has 0 aliphatic heterocycles. The number of rotatable bonds is 4. The van der Waals surface area contributed by atoms with Crippen molar-refractivity contribution in [3.63, 3.8) is 0 Å². The van der Waals surface area contributed by atoms with Gasteiger partial charge in [-0.1, -0.05) is 49.9 Å². The summed E-state index contributed by atoms with van der Waals surface area (Å²) in [7, 11) is 0. The van der Waals surface area contributed by atoms with Crippen LogP contribution in [0.15, 0.2) is 24.3 Å². The van der Waals surface area contributed by atoms with Crippen molar-refractivity contribution < 1.29 is 9.90 Å². The van der Waals surface area contributed by atoms with Crippen LogP contribution in [-0.4, -0.2) is 17.2 Å². The van der Waals surface area contributed by atoms with Gasteiger partial charge in [0.05, 0.1) is 6.61 Å². The maximum atomic E-state index is 11.9. The van der Waals surface area contributed by atoms with E-state index in [-0.39, 0.29) is 12.6 Å². The summed E-state index contributed by atoms with van der Waals surface area (Å²) in [5.41, 5.74) is 1.83. The molecule has 2 amide bonds. The number of carbonyl (C=O) groups is 1. The topological polar surface area (TPSA) is 61.4 Å². The minimum absolute atomic E-state index is 0.00208. The molecule has 1 aromatic carbocycles. The molecule has 0 atom stereocenters. The summed E-state index contributed by atoms with van der Waals surface area (Å²) in [4.78, 5) is 11.9. The van der Waals surface area contributed by atoms with Crippen molar-refractivity contribution >= 4 is 6.03 Å². The minimum Gasteiger partial charge on any atom is -0.392 e. The Kier molecular flexibility index (Phi) is 5.87. The molecule has 2 rings (SSSR count). The summed E-state index contributed by atoms with van der Waals surface area (Å²) in [5, 5.41) is 15.2. The Morgan fingerprint density at radius 3 is 2.40 bits per heavy atom. The van der Waals surface area contributed by atoms with E-state index in [9.17, 15) is 9.90 Å². The third kappa shape index (κ3) is 4.53. The Morgan fingerprint density at radius 2 is 1.75 bits per heavy atom. The lowest BCUT2D eigenvalue weighted by molar-refractivity contribution is 0.235. The molecule has 0 spiro atoms. The van der Waals surface area contributed by atoms with Gasteiger partial charge in [0.15, 0.2) is 0 Å². The van der Waals surface area contributed by atoms with Gasteiger partial charge in [0.1, 0.15) is 0 Å². The van der Waals surface area contributed by atoms with E-state index in [1.807, 2.05) is 24.3 Å². The number of urea groups is 1. The SMILES string of the molecule is O=C(NCc1ccccc1CO)NC1CCCCCC1. The normalized spacial score (nSPS) is 16.4. The van der Waals surface area contributed by atoms with Crippen molar-refractivity contribution in [1.29, 1.82) is 0 Å². The number of hydrogen-bond acceptors (Lipinski definition) is 2. The molecule has 0 unspecified atom stereocenters. The van der Waals surface area contributed by atoms with Crippen molar-refractivity contribution in [2.24, 2.45) is 0 Å². The first-order valence-corrected chi connectivity index (χ1v) is 7.51. The Balaban J connectivity index is 1.79. The summed E-state index contributed by atoms with van der Waals surface area (Å²) >= 11 is 0. The van der Waals surface area contributed by atoms with E-state index in [4.69, 9.17) is 0 Å². The van der Waals surface area contributed by atoms with Crippen LogP contribution in [0.3, 0.4) is 0 Å². The second kappa shape index (κ2) is 7.90. The van der Waals surface area contributed by atoms with Crippen LogP contribution >= 0.6 is 0 Å². The lowest BCUT2D eigenvalue weighted by Gasteiger charge is -2.17. The summed E-state index contributed by atoms with van der Waals surface area (Å²) in [6.07, 6.45) is 7.14. The molecule has 4 nitrogen and oxygen atoms in total. The maximum Gasteiger partial charge on any atom is 0.315 e. The standard InChI is InChI=1S/C16H24N2O2/c19-12-14-8-6-5-7-13(14)11-17-16(20)18-15-9-3-1-2-4-10-15/h5-8,15,19H,1-4,9-12H2,(H2,17,18,20). The molecule has 20 heavy (non-hydrogen) atoms. The van der Waals surface area contributed by atoms with Gasteiger partial charge in [0.25, 0.3) is 0 Å². The van der Waals surface area contributed by atoms with Gasteiger partial charge in [0, 0.05) is 12.6 Å². The number of amides is 2. The van der Waals surface area contributed by atoms with Gasteiger partial charge in [-0.15, -0.1) is 0 Å². The number of hydrogen-bond donors (Lipinski definition) is 3. The number of aliphatic hydroxyl groups excluding tert-OH is 1. The van der Waals surface area contributed by atoms with Crippen LogP contribution in [0.1, 0.15) is 49.7 Å². The zero-order valence-corrected chi connectivity index (χ0v) is 11.9. The van der Waals surface area contributed by atoms with E-state index < -0.39 is 0 Å². The predicted octanol–water partition coefficient (Wildman–Crippen LogP) is 2.70. The van der Waals surface area contributed by atoms with Gasteiger partial charge in [-0.2, -0.15) is 0 Å². The first-order chi connectivity index (χ1) is 9.79. The summed E-state index contributed by atoms with van der Waals surface area (Å²) in [5.74, 6) is 0. The molecule has 1 aliphatic rings. The van der Waals surface area contributed by atoms with Crippen LogP contribution in [0.4, 0.5) is 4.79 Å². The van der Waals surface area contributed by atoms with Crippen molar-refractivity contribution in [1.82, 2.24) is 10.6 Å². The van der Waals surface area contributed by atoms with E-state index >= 15 is 0 Å². The summed E-state index contributed by atoms with van der Waals surface area (Å²) in [6.45, 7) is 0.456. The lowest BCUT2D eigenvalue weighted by Crippen LogP contribution is -2.41. The third-order valence-electron chi connectivity index (χ3n) is 3.92. The van der Waals surface area contributed by atoms with Gasteiger partial charge in [-0.3, -0.25) is 0 Å². The molecule has 1 fully saturated rings. The minimum atomic E-state index is -0.107. The van der Waals surface area contributed by atoms with Gasteiger partial charge in [-0.05, 0) is 24.0 Å². The quantitative estimate of drug-likeness (QED) is 0.740. The molecular weight excluding hydrogens is 252 g/mol. The molecule has 0 saturated heterocycles. The summed E-state index contributed by atoms with van der Waals surface area (Å²) < 4.78 is 0. The van der Waals surface area contributed by atoms with Crippen molar-refractivity contribution in [2.75, 3.05) is 0 Å². The van der Waals surface area contributed by atoms with Crippen LogP contribution in [-0.2, 0) is 13.2 Å². The lowest BCUT2D eigenvalue weighted by atomic mass is 10.1. The molecular formula is C16H24N2O2. The van der Waals surface area contributed by atoms with E-state index in [1.54, 1.807) is 0 Å². The van der Waals surface area contributed by atoms with E-state index in [0.29, 0.717) is 12.6 Å². The molecule has 1 aliphatic carbocycles. The summed E-state index contributed by atoms with van der Waals surface area (Å²) in [6, 6.07) is 7.81. The molecule has 110 valence electrons. The second-order valence-corrected chi connectivity index (χ2v) is 5.44. The largest absolute Gasteiger partial charge is 0.392 e.